The number of carbonyl (C=O) groups excluding carboxylic acids is 1. The number of anilines is 1. The van der Waals surface area contributed by atoms with E-state index in [0.717, 1.165) is 42.7 Å². The van der Waals surface area contributed by atoms with Crippen LogP contribution in [-0.2, 0) is 6.67 Å². The van der Waals surface area contributed by atoms with E-state index >= 15 is 0 Å². The predicted molar refractivity (Wildman–Crippen MR) is 125 cm³/mol. The van der Waals surface area contributed by atoms with Gasteiger partial charge in [0.15, 0.2) is 0 Å². The smallest absolute Gasteiger partial charge is 0.255 e. The highest BCUT2D eigenvalue weighted by Crippen LogP contribution is 2.56. The Kier molecular flexibility index (Phi) is 5.42. The summed E-state index contributed by atoms with van der Waals surface area (Å²) >= 11 is 0. The molecule has 0 aromatic carbocycles. The summed E-state index contributed by atoms with van der Waals surface area (Å²) in [5.74, 6) is 1.45. The Hall–Kier alpha value is -2.16. The highest BCUT2D eigenvalue weighted by atomic mass is 16.3. The molecule has 174 valence electrons. The molecule has 4 aliphatic rings. The molecular formula is C24H36N6O2. The van der Waals surface area contributed by atoms with Crippen LogP contribution in [0.2, 0.25) is 0 Å². The first-order valence-corrected chi connectivity index (χ1v) is 11.8. The third kappa shape index (κ3) is 3.89. The average Bonchev–Trinajstić information content (AvgIpc) is 3.10. The molecule has 4 saturated carbocycles. The lowest BCUT2D eigenvalue weighted by Crippen LogP contribution is -2.59. The number of hydrogen-bond acceptors (Lipinski definition) is 6. The van der Waals surface area contributed by atoms with Crippen LogP contribution in [0.4, 0.5) is 5.69 Å². The molecule has 4 fully saturated rings. The summed E-state index contributed by atoms with van der Waals surface area (Å²) < 4.78 is 2.11. The van der Waals surface area contributed by atoms with Crippen LogP contribution in [-0.4, -0.2) is 76.9 Å². The zero-order valence-electron chi connectivity index (χ0n) is 19.6. The molecule has 2 heterocycles. The maximum Gasteiger partial charge on any atom is 0.255 e. The van der Waals surface area contributed by atoms with Crippen LogP contribution in [0.25, 0.3) is 11.0 Å². The highest BCUT2D eigenvalue weighted by Gasteiger charge is 2.54. The van der Waals surface area contributed by atoms with Gasteiger partial charge < -0.3 is 20.3 Å². The molecule has 0 saturated heterocycles. The van der Waals surface area contributed by atoms with Crippen LogP contribution < -0.4 is 10.6 Å². The molecular weight excluding hydrogens is 404 g/mol. The molecule has 2 aromatic heterocycles. The van der Waals surface area contributed by atoms with E-state index in [4.69, 9.17) is 0 Å². The first-order valence-electron chi connectivity index (χ1n) is 11.8. The fourth-order valence-electron chi connectivity index (χ4n) is 6.59. The number of aliphatic hydroxyl groups is 1. The molecule has 0 radical (unpaired) electrons. The molecule has 32 heavy (non-hydrogen) atoms. The van der Waals surface area contributed by atoms with E-state index < -0.39 is 5.60 Å². The van der Waals surface area contributed by atoms with Crippen LogP contribution in [0.5, 0.6) is 0 Å². The summed E-state index contributed by atoms with van der Waals surface area (Å²) in [5, 5.41) is 18.8. The lowest BCUT2D eigenvalue weighted by atomic mass is 9.52. The van der Waals surface area contributed by atoms with Crippen molar-refractivity contribution in [2.24, 2.45) is 17.8 Å². The van der Waals surface area contributed by atoms with Crippen LogP contribution in [0.15, 0.2) is 18.5 Å². The molecule has 0 spiro atoms. The van der Waals surface area contributed by atoms with Gasteiger partial charge in [-0.25, -0.2) is 4.98 Å². The van der Waals surface area contributed by atoms with Gasteiger partial charge in [-0.3, -0.25) is 14.6 Å². The summed E-state index contributed by atoms with van der Waals surface area (Å²) in [6.07, 6.45) is 8.82. The quantitative estimate of drug-likeness (QED) is 0.572. The number of pyridine rings is 1. The fraction of sp³-hybridized carbons (Fsp3) is 0.667. The molecule has 0 aliphatic heterocycles. The molecule has 3 unspecified atom stereocenters. The van der Waals surface area contributed by atoms with E-state index in [2.05, 4.69) is 31.2 Å². The molecule has 4 aliphatic carbocycles. The number of rotatable bonds is 7. The van der Waals surface area contributed by atoms with Crippen LogP contribution in [0.3, 0.4) is 0 Å². The number of fused-ring (bicyclic) bond motifs is 1. The van der Waals surface area contributed by atoms with Crippen molar-refractivity contribution in [2.45, 2.75) is 50.4 Å². The minimum atomic E-state index is -0.469. The van der Waals surface area contributed by atoms with Gasteiger partial charge in [0.25, 0.3) is 5.91 Å². The Morgan fingerprint density at radius 3 is 2.53 bits per heavy atom. The van der Waals surface area contributed by atoms with E-state index in [1.807, 2.05) is 39.3 Å². The van der Waals surface area contributed by atoms with Crippen molar-refractivity contribution in [1.82, 2.24) is 24.7 Å². The molecule has 6 rings (SSSR count). The summed E-state index contributed by atoms with van der Waals surface area (Å²) in [6.45, 7) is 1.20. The number of amides is 1. The summed E-state index contributed by atoms with van der Waals surface area (Å²) in [4.78, 5) is 21.8. The molecule has 2 aromatic rings. The van der Waals surface area contributed by atoms with Gasteiger partial charge in [-0.2, -0.15) is 0 Å². The molecule has 8 nitrogen and oxygen atoms in total. The second kappa shape index (κ2) is 8.01. The van der Waals surface area contributed by atoms with E-state index in [1.54, 1.807) is 6.20 Å². The Balaban J connectivity index is 1.51. The Bertz CT molecular complexity index is 999. The normalized spacial score (nSPS) is 31.1. The van der Waals surface area contributed by atoms with Crippen molar-refractivity contribution < 1.29 is 9.90 Å². The van der Waals surface area contributed by atoms with Crippen molar-refractivity contribution in [3.63, 3.8) is 0 Å². The second-order valence-corrected chi connectivity index (χ2v) is 10.9. The van der Waals surface area contributed by atoms with E-state index in [0.29, 0.717) is 30.0 Å². The minimum absolute atomic E-state index is 0.113. The number of nitrogens with zero attached hydrogens (tertiary/aromatic N) is 4. The fourth-order valence-corrected chi connectivity index (χ4v) is 6.59. The lowest BCUT2D eigenvalue weighted by molar-refractivity contribution is -0.129. The Labute approximate surface area is 190 Å². The largest absolute Gasteiger partial charge is 0.390 e. The molecule has 8 heteroatoms. The van der Waals surface area contributed by atoms with Crippen molar-refractivity contribution in [2.75, 3.05) is 40.2 Å². The first-order chi connectivity index (χ1) is 15.2. The van der Waals surface area contributed by atoms with Crippen LogP contribution >= 0.6 is 0 Å². The summed E-state index contributed by atoms with van der Waals surface area (Å²) in [5.41, 5.74) is 1.89. The maximum atomic E-state index is 13.1. The Morgan fingerprint density at radius 1 is 1.19 bits per heavy atom. The van der Waals surface area contributed by atoms with Crippen molar-refractivity contribution in [1.29, 1.82) is 0 Å². The maximum absolute atomic E-state index is 13.1. The number of carbonyl (C=O) groups is 1. The average molecular weight is 441 g/mol. The number of hydrogen-bond donors (Lipinski definition) is 3. The molecule has 5 atom stereocenters. The van der Waals surface area contributed by atoms with E-state index in [1.165, 1.54) is 12.8 Å². The van der Waals surface area contributed by atoms with Gasteiger partial charge in [-0.05, 0) is 84.1 Å². The molecule has 3 N–H and O–H groups in total. The zero-order valence-corrected chi connectivity index (χ0v) is 19.6. The van der Waals surface area contributed by atoms with Gasteiger partial charge in [0.2, 0.25) is 0 Å². The summed E-state index contributed by atoms with van der Waals surface area (Å²) in [7, 11) is 7.93. The third-order valence-corrected chi connectivity index (χ3v) is 7.58. The van der Waals surface area contributed by atoms with Gasteiger partial charge in [0, 0.05) is 23.8 Å². The van der Waals surface area contributed by atoms with Crippen molar-refractivity contribution >= 4 is 22.6 Å². The number of aromatic nitrogens is 2. The van der Waals surface area contributed by atoms with Gasteiger partial charge in [0.05, 0.1) is 30.2 Å². The van der Waals surface area contributed by atoms with E-state index in [9.17, 15) is 9.90 Å². The summed E-state index contributed by atoms with van der Waals surface area (Å²) in [6, 6.07) is 2.36. The lowest BCUT2D eigenvalue weighted by Gasteiger charge is -2.58. The standard InChI is InChI=1S/C24H36N6O2/c1-28(2)13-26-23(31)19-12-25-22-18(5-6-30(22)14-29(3)4)21(19)27-20-16-7-15-8-17(20)11-24(32,9-15)10-16/h5-6,12,15-17,20,32H,7-11,13-14H2,1-4H3,(H,25,27)(H,26,31)/t15?,16-,17+,20?,24?. The van der Waals surface area contributed by atoms with Gasteiger partial charge in [0.1, 0.15) is 5.65 Å². The highest BCUT2D eigenvalue weighted by molar-refractivity contribution is 6.06. The topological polar surface area (TPSA) is 85.7 Å². The predicted octanol–water partition coefficient (Wildman–Crippen LogP) is 2.16. The van der Waals surface area contributed by atoms with Crippen molar-refractivity contribution in [3.05, 3.63) is 24.0 Å². The first kappa shape index (κ1) is 21.7. The van der Waals surface area contributed by atoms with Gasteiger partial charge in [-0.15, -0.1) is 0 Å². The third-order valence-electron chi connectivity index (χ3n) is 7.58. The van der Waals surface area contributed by atoms with E-state index in [-0.39, 0.29) is 11.9 Å². The molecule has 4 bridgehead atoms. The molecule has 1 amide bonds. The van der Waals surface area contributed by atoms with Crippen LogP contribution in [0, 0.1) is 17.8 Å². The van der Waals surface area contributed by atoms with Crippen molar-refractivity contribution in [3.8, 4) is 0 Å². The second-order valence-electron chi connectivity index (χ2n) is 10.9. The van der Waals surface area contributed by atoms with Crippen LogP contribution in [0.1, 0.15) is 42.5 Å². The minimum Gasteiger partial charge on any atom is -0.390 e. The number of nitrogens with one attached hydrogen (secondary N) is 2. The monoisotopic (exact) mass is 440 g/mol. The zero-order chi connectivity index (χ0) is 22.6. The van der Waals surface area contributed by atoms with Gasteiger partial charge >= 0.3 is 0 Å². The Morgan fingerprint density at radius 2 is 1.91 bits per heavy atom. The SMILES string of the molecule is CN(C)CNC(=O)c1cnc2c(ccn2CN(C)C)c1NC1[C@@H]2CC3C[C@H]1CC(O)(C3)C2. The van der Waals surface area contributed by atoms with Gasteiger partial charge in [-0.1, -0.05) is 0 Å².